The molecule has 0 aromatic carbocycles. The van der Waals surface area contributed by atoms with E-state index in [0.29, 0.717) is 6.61 Å². The molecule has 11 heteroatoms. The standard InChI is InChI=1S/C21H36FN4O5P/c1-12(2)11-29-32(26(13(3)4)14(5)6)31-19-15(7)30-20(18(19)22)25-10-9-17(23-16(8)27)24-21(25)28/h9-10,12-15,18-20H,11H2,1-8H3,(H,23,24,27,28)/i7D. The minimum absolute atomic E-state index is 0.0668. The fourth-order valence-electron chi connectivity index (χ4n) is 3.34. The molecule has 1 fully saturated rings. The second-order valence-corrected chi connectivity index (χ2v) is 10.2. The Balaban J connectivity index is 2.29. The Morgan fingerprint density at radius 1 is 1.38 bits per heavy atom. The molecule has 5 atom stereocenters. The molecular weight excluding hydrogens is 438 g/mol. The van der Waals surface area contributed by atoms with Crippen molar-refractivity contribution in [3.8, 4) is 0 Å². The van der Waals surface area contributed by atoms with Crippen LogP contribution in [-0.2, 0) is 18.6 Å². The number of hydrogen-bond acceptors (Lipinski definition) is 7. The summed E-state index contributed by atoms with van der Waals surface area (Å²) < 4.78 is 44.6. The molecule has 9 nitrogen and oxygen atoms in total. The van der Waals surface area contributed by atoms with Crippen LogP contribution in [0.15, 0.2) is 17.1 Å². The van der Waals surface area contributed by atoms with Gasteiger partial charge in [0.25, 0.3) is 8.53 Å². The van der Waals surface area contributed by atoms with Crippen molar-refractivity contribution in [1.29, 1.82) is 0 Å². The van der Waals surface area contributed by atoms with Crippen LogP contribution in [0.2, 0.25) is 0 Å². The van der Waals surface area contributed by atoms with Crippen LogP contribution in [-0.4, -0.2) is 57.2 Å². The van der Waals surface area contributed by atoms with Gasteiger partial charge in [-0.25, -0.2) is 13.9 Å². The summed E-state index contributed by atoms with van der Waals surface area (Å²) in [5, 5.41) is 2.41. The Morgan fingerprint density at radius 2 is 2.03 bits per heavy atom. The van der Waals surface area contributed by atoms with E-state index in [1.807, 2.05) is 41.5 Å². The molecule has 0 spiro atoms. The number of carbonyl (C=O) groups is 1. The third-order valence-corrected chi connectivity index (χ3v) is 6.75. The SMILES string of the molecule is [2H]CC1OC(n2ccc(NC(C)=O)nc2=O)C(F)C1OP(OCC(C)C)N(C(C)C)C(C)C. The molecule has 1 aliphatic heterocycles. The van der Waals surface area contributed by atoms with E-state index in [1.165, 1.54) is 19.2 Å². The minimum atomic E-state index is -1.72. The van der Waals surface area contributed by atoms with Crippen molar-refractivity contribution in [2.75, 3.05) is 11.9 Å². The van der Waals surface area contributed by atoms with Crippen molar-refractivity contribution in [3.63, 3.8) is 0 Å². The third kappa shape index (κ3) is 6.78. The monoisotopic (exact) mass is 475 g/mol. The second-order valence-electron chi connectivity index (χ2n) is 8.76. The summed E-state index contributed by atoms with van der Waals surface area (Å²) in [5.41, 5.74) is -0.775. The molecule has 0 radical (unpaired) electrons. The Bertz CT molecular complexity index is 835. The molecule has 1 aromatic heterocycles. The lowest BCUT2D eigenvalue weighted by Crippen LogP contribution is -2.38. The Morgan fingerprint density at radius 3 is 2.53 bits per heavy atom. The summed E-state index contributed by atoms with van der Waals surface area (Å²) in [6, 6.07) is 1.56. The molecule has 1 N–H and O–H groups in total. The first kappa shape index (κ1) is 25.2. The predicted molar refractivity (Wildman–Crippen MR) is 122 cm³/mol. The van der Waals surface area contributed by atoms with Gasteiger partial charge in [-0.1, -0.05) is 13.8 Å². The van der Waals surface area contributed by atoms with Crippen molar-refractivity contribution in [2.45, 2.75) is 92.1 Å². The van der Waals surface area contributed by atoms with Crippen molar-refractivity contribution in [1.82, 2.24) is 14.2 Å². The van der Waals surface area contributed by atoms with Crippen molar-refractivity contribution < 1.29 is 24.3 Å². The summed E-state index contributed by atoms with van der Waals surface area (Å²) in [5.74, 6) is -0.0538. The number of hydrogen-bond donors (Lipinski definition) is 1. The first-order chi connectivity index (χ1) is 15.5. The van der Waals surface area contributed by atoms with E-state index in [1.54, 1.807) is 0 Å². The van der Waals surface area contributed by atoms with Crippen molar-refractivity contribution >= 4 is 20.3 Å². The average molecular weight is 476 g/mol. The van der Waals surface area contributed by atoms with Crippen LogP contribution in [0.1, 0.15) is 63.0 Å². The Kier molecular flexibility index (Phi) is 9.13. The van der Waals surface area contributed by atoms with Gasteiger partial charge in [-0.15, -0.1) is 0 Å². The fourth-order valence-corrected chi connectivity index (χ4v) is 5.29. The summed E-state index contributed by atoms with van der Waals surface area (Å²) in [7, 11) is -1.64. The molecule has 1 aromatic rings. The Hall–Kier alpha value is -1.45. The number of nitrogens with zero attached hydrogens (tertiary/aromatic N) is 3. The maximum absolute atomic E-state index is 15.6. The largest absolute Gasteiger partial charge is 0.351 e. The Labute approximate surface area is 192 Å². The number of rotatable bonds is 10. The van der Waals surface area contributed by atoms with Crippen LogP contribution in [0, 0.1) is 5.92 Å². The van der Waals surface area contributed by atoms with Gasteiger partial charge in [-0.3, -0.25) is 9.36 Å². The minimum Gasteiger partial charge on any atom is -0.349 e. The lowest BCUT2D eigenvalue weighted by Gasteiger charge is -2.37. The topological polar surface area (TPSA) is 94.9 Å². The molecular formula is C21H36FN4O5P. The highest BCUT2D eigenvalue weighted by molar-refractivity contribution is 7.44. The zero-order chi connectivity index (χ0) is 24.9. The van der Waals surface area contributed by atoms with Gasteiger partial charge < -0.3 is 19.1 Å². The van der Waals surface area contributed by atoms with Crippen LogP contribution >= 0.6 is 8.53 Å². The highest BCUT2D eigenvalue weighted by Crippen LogP contribution is 2.50. The molecule has 1 saturated heterocycles. The van der Waals surface area contributed by atoms with Crippen LogP contribution in [0.4, 0.5) is 10.2 Å². The highest BCUT2D eigenvalue weighted by atomic mass is 31.2. The average Bonchev–Trinajstić information content (AvgIpc) is 3.00. The van der Waals surface area contributed by atoms with E-state index in [0.717, 1.165) is 4.57 Å². The van der Waals surface area contributed by atoms with Gasteiger partial charge in [0.15, 0.2) is 12.4 Å². The fraction of sp³-hybridized carbons (Fsp3) is 0.762. The normalized spacial score (nSPS) is 25.1. The highest BCUT2D eigenvalue weighted by Gasteiger charge is 2.48. The molecule has 2 rings (SSSR count). The maximum atomic E-state index is 15.6. The number of nitrogens with one attached hydrogen (secondary N) is 1. The van der Waals surface area contributed by atoms with Crippen LogP contribution < -0.4 is 11.0 Å². The number of carbonyl (C=O) groups excluding carboxylic acids is 1. The summed E-state index contributed by atoms with van der Waals surface area (Å²) in [6.45, 7) is 13.6. The van der Waals surface area contributed by atoms with Gasteiger partial charge in [0, 0.05) is 26.6 Å². The van der Waals surface area contributed by atoms with E-state index >= 15 is 4.39 Å². The lowest BCUT2D eigenvalue weighted by atomic mass is 10.2. The van der Waals surface area contributed by atoms with Gasteiger partial charge in [-0.2, -0.15) is 4.98 Å². The van der Waals surface area contributed by atoms with Gasteiger partial charge in [0.2, 0.25) is 5.91 Å². The lowest BCUT2D eigenvalue weighted by molar-refractivity contribution is -0.114. The van der Waals surface area contributed by atoms with E-state index in [2.05, 4.69) is 15.0 Å². The van der Waals surface area contributed by atoms with Gasteiger partial charge in [0.1, 0.15) is 11.9 Å². The molecule has 5 unspecified atom stereocenters. The second kappa shape index (κ2) is 11.6. The number of amides is 1. The molecule has 0 aliphatic carbocycles. The van der Waals surface area contributed by atoms with Gasteiger partial charge in [-0.05, 0) is 46.6 Å². The van der Waals surface area contributed by atoms with E-state index in [9.17, 15) is 9.59 Å². The van der Waals surface area contributed by atoms with Crippen LogP contribution in [0.3, 0.4) is 0 Å². The number of anilines is 1. The van der Waals surface area contributed by atoms with Crippen LogP contribution in [0.25, 0.3) is 0 Å². The quantitative estimate of drug-likeness (QED) is 0.514. The molecule has 182 valence electrons. The van der Waals surface area contributed by atoms with E-state index in [4.69, 9.17) is 15.2 Å². The molecule has 2 heterocycles. The number of alkyl halides is 1. The molecule has 0 saturated carbocycles. The van der Waals surface area contributed by atoms with Crippen molar-refractivity contribution in [2.24, 2.45) is 5.92 Å². The smallest absolute Gasteiger partial charge is 0.349 e. The predicted octanol–water partition coefficient (Wildman–Crippen LogP) is 3.86. The zero-order valence-corrected chi connectivity index (χ0v) is 20.7. The first-order valence-corrected chi connectivity index (χ1v) is 11.9. The maximum Gasteiger partial charge on any atom is 0.351 e. The van der Waals surface area contributed by atoms with Crippen molar-refractivity contribution in [3.05, 3.63) is 22.7 Å². The van der Waals surface area contributed by atoms with Crippen LogP contribution in [0.5, 0.6) is 0 Å². The summed E-state index contributed by atoms with van der Waals surface area (Å²) in [6.07, 6.45) is -3.69. The summed E-state index contributed by atoms with van der Waals surface area (Å²) in [4.78, 5) is 27.4. The molecule has 32 heavy (non-hydrogen) atoms. The number of aromatic nitrogens is 2. The molecule has 0 bridgehead atoms. The summed E-state index contributed by atoms with van der Waals surface area (Å²) >= 11 is 0. The van der Waals surface area contributed by atoms with Gasteiger partial charge >= 0.3 is 5.69 Å². The van der Waals surface area contributed by atoms with E-state index in [-0.39, 0.29) is 36.6 Å². The number of halogens is 1. The molecule has 1 aliphatic rings. The number of ether oxygens (including phenoxy) is 1. The zero-order valence-electron chi connectivity index (χ0n) is 20.8. The molecule has 1 amide bonds. The van der Waals surface area contributed by atoms with E-state index < -0.39 is 38.8 Å². The van der Waals surface area contributed by atoms with Gasteiger partial charge in [0.05, 0.1) is 12.7 Å². The third-order valence-electron chi connectivity index (χ3n) is 4.65. The first-order valence-electron chi connectivity index (χ1n) is 11.5.